The molecule has 0 aliphatic carbocycles. The van der Waals surface area contributed by atoms with Crippen LogP contribution in [0.25, 0.3) is 26.7 Å². The third-order valence-corrected chi connectivity index (χ3v) is 6.53. The number of fused-ring (bicyclic) bond motifs is 2. The van der Waals surface area contributed by atoms with Crippen molar-refractivity contribution in [2.24, 2.45) is 7.05 Å². The summed E-state index contributed by atoms with van der Waals surface area (Å²) in [5.41, 5.74) is 4.69. The summed E-state index contributed by atoms with van der Waals surface area (Å²) in [6.45, 7) is 3.38. The van der Waals surface area contributed by atoms with Gasteiger partial charge in [0.05, 0.1) is 10.6 Å². The molecule has 1 aliphatic heterocycles. The van der Waals surface area contributed by atoms with Crippen molar-refractivity contribution in [1.29, 1.82) is 0 Å². The van der Waals surface area contributed by atoms with Crippen LogP contribution in [0.3, 0.4) is 0 Å². The first-order valence-corrected chi connectivity index (χ1v) is 9.91. The van der Waals surface area contributed by atoms with Gasteiger partial charge in [-0.15, -0.1) is 11.3 Å². The molecule has 0 fully saturated rings. The van der Waals surface area contributed by atoms with Crippen LogP contribution in [-0.2, 0) is 7.05 Å². The lowest BCUT2D eigenvalue weighted by Gasteiger charge is -2.26. The molecule has 1 amide bonds. The number of carbonyl (C=O) groups excluding carboxylic acids is 1. The number of hydrogen-bond acceptors (Lipinski definition) is 3. The highest BCUT2D eigenvalue weighted by Crippen LogP contribution is 2.31. The van der Waals surface area contributed by atoms with E-state index in [0.717, 1.165) is 39.3 Å². The van der Waals surface area contributed by atoms with Crippen LogP contribution in [0, 0.1) is 6.92 Å². The number of benzene rings is 1. The lowest BCUT2D eigenvalue weighted by molar-refractivity contribution is 0.0778. The van der Waals surface area contributed by atoms with Crippen molar-refractivity contribution in [3.05, 3.63) is 58.7 Å². The van der Waals surface area contributed by atoms with Crippen molar-refractivity contribution in [2.75, 3.05) is 13.1 Å². The first-order valence-electron chi connectivity index (χ1n) is 9.10. The van der Waals surface area contributed by atoms with E-state index >= 15 is 0 Å². The quantitative estimate of drug-likeness (QED) is 0.565. The van der Waals surface area contributed by atoms with Crippen LogP contribution >= 0.6 is 11.3 Å². The summed E-state index contributed by atoms with van der Waals surface area (Å²) < 4.78 is 1.86. The lowest BCUT2D eigenvalue weighted by atomic mass is 9.99. The molecule has 0 spiro atoms. The summed E-state index contributed by atoms with van der Waals surface area (Å²) in [4.78, 5) is 20.1. The van der Waals surface area contributed by atoms with Crippen LogP contribution in [0.5, 0.6) is 0 Å². The minimum atomic E-state index is 0.116. The first-order chi connectivity index (χ1) is 13.1. The summed E-state index contributed by atoms with van der Waals surface area (Å²) in [5, 5.41) is 6.74. The second-order valence-corrected chi connectivity index (χ2v) is 8.05. The van der Waals surface area contributed by atoms with Gasteiger partial charge < -0.3 is 9.88 Å². The van der Waals surface area contributed by atoms with E-state index in [4.69, 9.17) is 0 Å². The Hall–Kier alpha value is -2.86. The normalized spacial score (nSPS) is 14.9. The van der Waals surface area contributed by atoms with Gasteiger partial charge in [-0.1, -0.05) is 24.3 Å². The Bertz CT molecular complexity index is 1180. The van der Waals surface area contributed by atoms with E-state index in [0.29, 0.717) is 6.54 Å². The maximum absolute atomic E-state index is 13.0. The van der Waals surface area contributed by atoms with Crippen LogP contribution in [0.1, 0.15) is 27.3 Å². The van der Waals surface area contributed by atoms with Gasteiger partial charge in [-0.05, 0) is 31.1 Å². The summed E-state index contributed by atoms with van der Waals surface area (Å²) in [7, 11) is 1.93. The minimum Gasteiger partial charge on any atom is -0.361 e. The minimum absolute atomic E-state index is 0.116. The number of H-pyrrole nitrogens is 1. The fraction of sp³-hybridized carbons (Fsp3) is 0.238. The Morgan fingerprint density at radius 1 is 1.26 bits per heavy atom. The molecule has 5 nitrogen and oxygen atoms in total. The molecule has 1 N–H and O–H groups in total. The molecule has 0 unspecified atom stereocenters. The van der Waals surface area contributed by atoms with E-state index < -0.39 is 0 Å². The van der Waals surface area contributed by atoms with Gasteiger partial charge >= 0.3 is 0 Å². The van der Waals surface area contributed by atoms with Crippen LogP contribution in [0.4, 0.5) is 0 Å². The molecule has 4 heterocycles. The number of nitrogens with one attached hydrogen (secondary N) is 1. The number of amides is 1. The Balaban J connectivity index is 1.40. The molecule has 0 saturated carbocycles. The highest BCUT2D eigenvalue weighted by molar-refractivity contribution is 7.20. The Morgan fingerprint density at radius 3 is 2.89 bits per heavy atom. The zero-order valence-electron chi connectivity index (χ0n) is 15.3. The lowest BCUT2D eigenvalue weighted by Crippen LogP contribution is -2.34. The van der Waals surface area contributed by atoms with Crippen LogP contribution in [0.15, 0.2) is 42.6 Å². The van der Waals surface area contributed by atoms with Crippen LogP contribution < -0.4 is 0 Å². The summed E-state index contributed by atoms with van der Waals surface area (Å²) >= 11 is 1.53. The molecule has 1 aromatic carbocycles. The maximum Gasteiger partial charge on any atom is 0.264 e. The Kier molecular flexibility index (Phi) is 3.68. The van der Waals surface area contributed by atoms with E-state index in [1.807, 2.05) is 35.7 Å². The average Bonchev–Trinajstić information content (AvgIpc) is 3.38. The molecule has 0 saturated heterocycles. The van der Waals surface area contributed by atoms with Gasteiger partial charge in [0.15, 0.2) is 0 Å². The standard InChI is InChI=1S/C21H20N4OS/c1-13-16-11-19(27-21(16)24(2)23-13)20(26)25-9-7-14(8-10-25)17-12-22-18-6-4-3-5-15(17)18/h3-7,11-12,22H,8-10H2,1-2H3. The number of aromatic amines is 1. The van der Waals surface area contributed by atoms with Crippen molar-refractivity contribution >= 4 is 43.9 Å². The summed E-state index contributed by atoms with van der Waals surface area (Å²) in [6, 6.07) is 10.3. The predicted molar refractivity (Wildman–Crippen MR) is 110 cm³/mol. The molecule has 27 heavy (non-hydrogen) atoms. The van der Waals surface area contributed by atoms with Gasteiger partial charge in [0, 0.05) is 48.2 Å². The maximum atomic E-state index is 13.0. The number of rotatable bonds is 2. The zero-order valence-corrected chi connectivity index (χ0v) is 16.1. The largest absolute Gasteiger partial charge is 0.361 e. The second kappa shape index (κ2) is 6.09. The van der Waals surface area contributed by atoms with Crippen molar-refractivity contribution in [1.82, 2.24) is 19.7 Å². The van der Waals surface area contributed by atoms with Gasteiger partial charge in [-0.25, -0.2) is 0 Å². The zero-order chi connectivity index (χ0) is 18.5. The number of hydrogen-bond donors (Lipinski definition) is 1. The SMILES string of the molecule is Cc1nn(C)c2sc(C(=O)N3CC=C(c4c[nH]c5ccccc45)CC3)cc12. The van der Waals surface area contributed by atoms with Crippen LogP contribution in [-0.4, -0.2) is 38.7 Å². The highest BCUT2D eigenvalue weighted by Gasteiger charge is 2.23. The summed E-state index contributed by atoms with van der Waals surface area (Å²) in [5.74, 6) is 0.116. The smallest absolute Gasteiger partial charge is 0.264 e. The van der Waals surface area contributed by atoms with E-state index in [1.165, 1.54) is 27.9 Å². The van der Waals surface area contributed by atoms with Crippen LogP contribution in [0.2, 0.25) is 0 Å². The number of aromatic nitrogens is 3. The topological polar surface area (TPSA) is 53.9 Å². The van der Waals surface area contributed by atoms with E-state index in [2.05, 4.69) is 40.6 Å². The molecular formula is C21H20N4OS. The number of carbonyl (C=O) groups is 1. The van der Waals surface area contributed by atoms with Crippen molar-refractivity contribution < 1.29 is 4.79 Å². The molecule has 4 aromatic rings. The van der Waals surface area contributed by atoms with Gasteiger partial charge in [-0.3, -0.25) is 9.48 Å². The second-order valence-electron chi connectivity index (χ2n) is 7.02. The fourth-order valence-electron chi connectivity index (χ4n) is 3.90. The first kappa shape index (κ1) is 16.3. The van der Waals surface area contributed by atoms with E-state index in [1.54, 1.807) is 0 Å². The van der Waals surface area contributed by atoms with E-state index in [9.17, 15) is 4.79 Å². The number of nitrogens with zero attached hydrogens (tertiary/aromatic N) is 3. The monoisotopic (exact) mass is 376 g/mol. The highest BCUT2D eigenvalue weighted by atomic mass is 32.1. The predicted octanol–water partition coefficient (Wildman–Crippen LogP) is 4.35. The Labute approximate surface area is 160 Å². The van der Waals surface area contributed by atoms with Gasteiger partial charge in [0.1, 0.15) is 4.83 Å². The molecule has 0 radical (unpaired) electrons. The Morgan fingerprint density at radius 2 is 2.11 bits per heavy atom. The molecule has 136 valence electrons. The third kappa shape index (κ3) is 2.59. The van der Waals surface area contributed by atoms with Crippen molar-refractivity contribution in [3.63, 3.8) is 0 Å². The molecule has 1 aliphatic rings. The van der Waals surface area contributed by atoms with Crippen molar-refractivity contribution in [3.8, 4) is 0 Å². The van der Waals surface area contributed by atoms with E-state index in [-0.39, 0.29) is 5.91 Å². The molecule has 6 heteroatoms. The molecule has 3 aromatic heterocycles. The molecule has 0 bridgehead atoms. The number of para-hydroxylation sites is 1. The van der Waals surface area contributed by atoms with Crippen molar-refractivity contribution in [2.45, 2.75) is 13.3 Å². The fourth-order valence-corrected chi connectivity index (χ4v) is 4.99. The summed E-state index contributed by atoms with van der Waals surface area (Å²) in [6.07, 6.45) is 5.14. The molecule has 5 rings (SSSR count). The van der Waals surface area contributed by atoms with Gasteiger partial charge in [-0.2, -0.15) is 5.10 Å². The molecular weight excluding hydrogens is 356 g/mol. The number of aryl methyl sites for hydroxylation is 2. The molecule has 0 atom stereocenters. The van der Waals surface area contributed by atoms with Gasteiger partial charge in [0.2, 0.25) is 0 Å². The average molecular weight is 376 g/mol. The number of thiophene rings is 1. The van der Waals surface area contributed by atoms with Gasteiger partial charge in [0.25, 0.3) is 5.91 Å². The third-order valence-electron chi connectivity index (χ3n) is 5.34.